The molecule has 4 nitrogen and oxygen atoms in total. The Bertz CT molecular complexity index is 794. The molecule has 1 unspecified atom stereocenters. The second-order valence-electron chi connectivity index (χ2n) is 5.26. The summed E-state index contributed by atoms with van der Waals surface area (Å²) in [6.45, 7) is 0. The zero-order chi connectivity index (χ0) is 16.9. The number of nitriles is 1. The van der Waals surface area contributed by atoms with E-state index in [-0.39, 0.29) is 11.2 Å². The molecular weight excluding hydrogens is 320 g/mol. The maximum Gasteiger partial charge on any atom is 0.233 e. The Morgan fingerprint density at radius 1 is 1.21 bits per heavy atom. The third-order valence-electron chi connectivity index (χ3n) is 3.78. The number of anilines is 1. The fraction of sp³-hybridized carbons (Fsp3) is 0.158. The second-order valence-corrected chi connectivity index (χ2v) is 6.48. The lowest BCUT2D eigenvalue weighted by Crippen LogP contribution is -2.34. The van der Waals surface area contributed by atoms with E-state index in [2.05, 4.69) is 6.07 Å². The highest BCUT2D eigenvalue weighted by molar-refractivity contribution is 8.03. The quantitative estimate of drug-likeness (QED) is 0.785. The molecule has 1 amide bonds. The molecule has 24 heavy (non-hydrogen) atoms. The topological polar surface area (TPSA) is 53.3 Å². The van der Waals surface area contributed by atoms with Crippen molar-refractivity contribution in [3.63, 3.8) is 0 Å². The Morgan fingerprint density at radius 2 is 1.92 bits per heavy atom. The van der Waals surface area contributed by atoms with E-state index in [0.29, 0.717) is 11.4 Å². The van der Waals surface area contributed by atoms with Crippen LogP contribution in [0.3, 0.4) is 0 Å². The number of amides is 1. The number of hydrogen-bond acceptors (Lipinski definition) is 4. The van der Waals surface area contributed by atoms with Gasteiger partial charge in [-0.25, -0.2) is 0 Å². The highest BCUT2D eigenvalue weighted by atomic mass is 32.2. The standard InChI is InChI=1S/C19H16N2O2S/c1-23-16-9-7-14(8-10-16)17-13-18(22)21(19(24-17)11-12-20)15-5-3-2-4-6-15/h2-11,17H,13H2,1H3. The minimum Gasteiger partial charge on any atom is -0.497 e. The molecule has 1 saturated heterocycles. The molecule has 1 atom stereocenters. The molecule has 0 N–H and O–H groups in total. The van der Waals surface area contributed by atoms with Gasteiger partial charge in [-0.15, -0.1) is 0 Å². The van der Waals surface area contributed by atoms with Crippen LogP contribution in [0, 0.1) is 11.3 Å². The highest BCUT2D eigenvalue weighted by Gasteiger charge is 2.32. The van der Waals surface area contributed by atoms with Crippen molar-refractivity contribution in [2.45, 2.75) is 11.7 Å². The lowest BCUT2D eigenvalue weighted by atomic mass is 10.1. The first-order valence-corrected chi connectivity index (χ1v) is 8.39. The number of ether oxygens (including phenoxy) is 1. The number of para-hydroxylation sites is 1. The molecule has 0 saturated carbocycles. The van der Waals surface area contributed by atoms with E-state index in [9.17, 15) is 4.79 Å². The molecule has 2 aromatic rings. The molecule has 1 aliphatic heterocycles. The lowest BCUT2D eigenvalue weighted by molar-refractivity contribution is -0.118. The normalized spacial score (nSPS) is 19.2. The minimum absolute atomic E-state index is 0.0111. The fourth-order valence-corrected chi connectivity index (χ4v) is 3.86. The molecule has 2 aromatic carbocycles. The number of carbonyl (C=O) groups is 1. The van der Waals surface area contributed by atoms with Crippen molar-refractivity contribution >= 4 is 23.4 Å². The van der Waals surface area contributed by atoms with E-state index in [4.69, 9.17) is 10.00 Å². The zero-order valence-corrected chi connectivity index (χ0v) is 14.0. The van der Waals surface area contributed by atoms with E-state index < -0.39 is 0 Å². The minimum atomic E-state index is -0.0118. The third kappa shape index (κ3) is 3.29. The molecule has 120 valence electrons. The maximum atomic E-state index is 12.7. The van der Waals surface area contributed by atoms with E-state index in [1.165, 1.54) is 17.8 Å². The number of allylic oxidation sites excluding steroid dienone is 1. The fourth-order valence-electron chi connectivity index (χ4n) is 2.62. The van der Waals surface area contributed by atoms with Crippen molar-refractivity contribution in [2.24, 2.45) is 0 Å². The van der Waals surface area contributed by atoms with Gasteiger partial charge >= 0.3 is 0 Å². The van der Waals surface area contributed by atoms with Crippen LogP contribution in [0.1, 0.15) is 17.2 Å². The van der Waals surface area contributed by atoms with Crippen LogP contribution in [0.25, 0.3) is 0 Å². The number of nitrogens with zero attached hydrogens (tertiary/aromatic N) is 2. The molecule has 0 bridgehead atoms. The van der Waals surface area contributed by atoms with E-state index in [0.717, 1.165) is 17.0 Å². The Balaban J connectivity index is 1.90. The number of rotatable bonds is 3. The molecule has 0 radical (unpaired) electrons. The number of hydrogen-bond donors (Lipinski definition) is 0. The molecule has 0 aromatic heterocycles. The molecule has 0 aliphatic carbocycles. The maximum absolute atomic E-state index is 12.7. The van der Waals surface area contributed by atoms with Gasteiger partial charge in [0.2, 0.25) is 5.91 Å². The Hall–Kier alpha value is -2.71. The number of carbonyl (C=O) groups excluding carboxylic acids is 1. The molecule has 0 spiro atoms. The molecule has 3 rings (SSSR count). The van der Waals surface area contributed by atoms with Gasteiger partial charge in [0.15, 0.2) is 0 Å². The molecule has 1 fully saturated rings. The summed E-state index contributed by atoms with van der Waals surface area (Å²) in [7, 11) is 1.62. The second kappa shape index (κ2) is 7.24. The van der Waals surface area contributed by atoms with Gasteiger partial charge in [-0.3, -0.25) is 9.69 Å². The summed E-state index contributed by atoms with van der Waals surface area (Å²) in [5, 5.41) is 9.74. The van der Waals surface area contributed by atoms with Gasteiger partial charge in [-0.2, -0.15) is 5.26 Å². The van der Waals surface area contributed by atoms with Crippen LogP contribution < -0.4 is 9.64 Å². The van der Waals surface area contributed by atoms with Gasteiger partial charge in [-0.1, -0.05) is 42.1 Å². The first-order chi connectivity index (χ1) is 11.7. The van der Waals surface area contributed by atoms with Crippen LogP contribution in [-0.4, -0.2) is 13.0 Å². The lowest BCUT2D eigenvalue weighted by Gasteiger charge is -2.33. The summed E-state index contributed by atoms with van der Waals surface area (Å²) >= 11 is 1.53. The SMILES string of the molecule is COc1ccc(C2CC(=O)N(c3ccccc3)C(=CC#N)S2)cc1. The van der Waals surface area contributed by atoms with Gasteiger partial charge in [-0.05, 0) is 29.8 Å². The summed E-state index contributed by atoms with van der Waals surface area (Å²) < 4.78 is 5.18. The number of methoxy groups -OCH3 is 1. The van der Waals surface area contributed by atoms with Crippen LogP contribution in [0.15, 0.2) is 65.7 Å². The largest absolute Gasteiger partial charge is 0.497 e. The third-order valence-corrected chi connectivity index (χ3v) is 5.05. The summed E-state index contributed by atoms with van der Waals surface area (Å²) in [6, 6.07) is 19.2. The molecule has 1 aliphatic rings. The van der Waals surface area contributed by atoms with Crippen LogP contribution >= 0.6 is 11.8 Å². The first kappa shape index (κ1) is 16.2. The number of benzene rings is 2. The first-order valence-electron chi connectivity index (χ1n) is 7.51. The summed E-state index contributed by atoms with van der Waals surface area (Å²) in [5.41, 5.74) is 1.83. The number of thioether (sulfide) groups is 1. The highest BCUT2D eigenvalue weighted by Crippen LogP contribution is 2.45. The van der Waals surface area contributed by atoms with E-state index in [1.807, 2.05) is 54.6 Å². The summed E-state index contributed by atoms with van der Waals surface area (Å²) in [6.07, 6.45) is 1.82. The van der Waals surface area contributed by atoms with E-state index >= 15 is 0 Å². The average Bonchev–Trinajstić information content (AvgIpc) is 2.62. The summed E-state index contributed by atoms with van der Waals surface area (Å²) in [5.74, 6) is 0.770. The Morgan fingerprint density at radius 3 is 2.54 bits per heavy atom. The van der Waals surface area contributed by atoms with Crippen molar-refractivity contribution in [2.75, 3.05) is 12.0 Å². The molecular formula is C19H16N2O2S. The predicted octanol–water partition coefficient (Wildman–Crippen LogP) is 4.27. The van der Waals surface area contributed by atoms with Crippen LogP contribution in [-0.2, 0) is 4.79 Å². The molecule has 1 heterocycles. The van der Waals surface area contributed by atoms with Gasteiger partial charge in [0.25, 0.3) is 0 Å². The van der Waals surface area contributed by atoms with Crippen LogP contribution in [0.4, 0.5) is 5.69 Å². The Labute approximate surface area is 145 Å². The van der Waals surface area contributed by atoms with Gasteiger partial charge in [0.05, 0.1) is 18.2 Å². The van der Waals surface area contributed by atoms with Crippen LogP contribution in [0.2, 0.25) is 0 Å². The zero-order valence-electron chi connectivity index (χ0n) is 13.2. The predicted molar refractivity (Wildman–Crippen MR) is 95.6 cm³/mol. The van der Waals surface area contributed by atoms with Crippen molar-refractivity contribution in [3.05, 3.63) is 71.3 Å². The van der Waals surface area contributed by atoms with Crippen molar-refractivity contribution in [1.29, 1.82) is 5.26 Å². The smallest absolute Gasteiger partial charge is 0.233 e. The van der Waals surface area contributed by atoms with E-state index in [1.54, 1.807) is 12.0 Å². The van der Waals surface area contributed by atoms with Gasteiger partial charge < -0.3 is 4.74 Å². The monoisotopic (exact) mass is 336 g/mol. The van der Waals surface area contributed by atoms with Crippen molar-refractivity contribution < 1.29 is 9.53 Å². The van der Waals surface area contributed by atoms with Crippen molar-refractivity contribution in [3.8, 4) is 11.8 Å². The summed E-state index contributed by atoms with van der Waals surface area (Å²) in [4.78, 5) is 14.3. The van der Waals surface area contributed by atoms with Gasteiger partial charge in [0, 0.05) is 23.4 Å². The molecule has 5 heteroatoms. The average molecular weight is 336 g/mol. The van der Waals surface area contributed by atoms with Gasteiger partial charge in [0.1, 0.15) is 5.75 Å². The van der Waals surface area contributed by atoms with Crippen LogP contribution in [0.5, 0.6) is 5.75 Å². The van der Waals surface area contributed by atoms with Crippen molar-refractivity contribution in [1.82, 2.24) is 0 Å². The Kier molecular flexibility index (Phi) is 4.88.